The Balaban J connectivity index is 1.03. The van der Waals surface area contributed by atoms with E-state index in [9.17, 15) is 37.6 Å². The minimum Gasteiger partial charge on any atom is -0.374 e. The van der Waals surface area contributed by atoms with Gasteiger partial charge in [-0.05, 0) is 132 Å². The van der Waals surface area contributed by atoms with Gasteiger partial charge in [0.2, 0.25) is 17.7 Å². The highest BCUT2D eigenvalue weighted by Crippen LogP contribution is 2.40. The molecule has 0 saturated carbocycles. The molecule has 3 aromatic rings. The third-order valence-corrected chi connectivity index (χ3v) is 11.8. The molecule has 0 radical (unpaired) electrons. The van der Waals surface area contributed by atoms with Gasteiger partial charge >= 0.3 is 6.18 Å². The van der Waals surface area contributed by atoms with Crippen LogP contribution in [0.3, 0.4) is 0 Å². The lowest BCUT2D eigenvalue weighted by Crippen LogP contribution is -2.57. The van der Waals surface area contributed by atoms with Gasteiger partial charge in [-0.2, -0.15) is 18.4 Å². The number of alkyl halides is 3. The van der Waals surface area contributed by atoms with E-state index in [-0.39, 0.29) is 53.6 Å². The lowest BCUT2D eigenvalue weighted by atomic mass is 9.97. The smallest absolute Gasteiger partial charge is 0.374 e. The lowest BCUT2D eigenvalue weighted by Gasteiger charge is -2.44. The second-order valence-corrected chi connectivity index (χ2v) is 16.3. The molecule has 4 amide bonds. The first-order valence-corrected chi connectivity index (χ1v) is 20.2. The largest absolute Gasteiger partial charge is 0.417 e. The molecule has 3 aliphatic heterocycles. The van der Waals surface area contributed by atoms with E-state index in [4.69, 9.17) is 12.2 Å². The van der Waals surface area contributed by atoms with E-state index in [1.165, 1.54) is 6.07 Å². The number of piperazine rings is 1. The summed E-state index contributed by atoms with van der Waals surface area (Å²) in [6.45, 7) is 12.3. The summed E-state index contributed by atoms with van der Waals surface area (Å²) in [5, 5.41) is 17.8. The van der Waals surface area contributed by atoms with Crippen molar-refractivity contribution in [1.29, 1.82) is 5.26 Å². The minimum absolute atomic E-state index is 0.0502. The lowest BCUT2D eigenvalue weighted by molar-refractivity contribution is -0.138. The van der Waals surface area contributed by atoms with E-state index in [0.29, 0.717) is 23.5 Å². The average Bonchev–Trinajstić information content (AvgIpc) is 3.35. The molecule has 3 aromatic carbocycles. The fourth-order valence-corrected chi connectivity index (χ4v) is 8.68. The zero-order valence-corrected chi connectivity index (χ0v) is 34.6. The van der Waals surface area contributed by atoms with E-state index in [1.807, 2.05) is 24.3 Å². The molecule has 3 atom stereocenters. The highest BCUT2D eigenvalue weighted by molar-refractivity contribution is 7.81. The van der Waals surface area contributed by atoms with Crippen LogP contribution in [0.5, 0.6) is 0 Å². The van der Waals surface area contributed by atoms with Crippen LogP contribution >= 0.6 is 12.2 Å². The Labute approximate surface area is 347 Å². The molecule has 0 aliphatic carbocycles. The minimum atomic E-state index is -4.78. The number of imide groups is 1. The number of nitriles is 1. The SMILES string of the molecule is CCc1cc(N2C(=S)N(c3ccc(C#N)c(C(F)(F)F)c3)C(=O)C2(C)C)ccc1CCCN1C[C@@H](C)N(CC(=O)Nc2cccc(NC3CCC(=O)NC3=O)c2)C[C@H]1C. The van der Waals surface area contributed by atoms with Crippen molar-refractivity contribution in [2.75, 3.05) is 46.6 Å². The van der Waals surface area contributed by atoms with Crippen molar-refractivity contribution in [2.45, 2.75) is 96.6 Å². The molecule has 0 bridgehead atoms. The molecule has 0 aromatic heterocycles. The predicted molar refractivity (Wildman–Crippen MR) is 224 cm³/mol. The molecule has 3 heterocycles. The first-order chi connectivity index (χ1) is 27.9. The summed E-state index contributed by atoms with van der Waals surface area (Å²) in [5.41, 5.74) is 1.30. The summed E-state index contributed by atoms with van der Waals surface area (Å²) in [4.78, 5) is 58.0. The summed E-state index contributed by atoms with van der Waals surface area (Å²) in [6.07, 6.45) is -1.68. The number of anilines is 4. The van der Waals surface area contributed by atoms with Crippen LogP contribution < -0.4 is 25.8 Å². The average molecular weight is 831 g/mol. The number of hydrogen-bond donors (Lipinski definition) is 3. The second kappa shape index (κ2) is 17.5. The number of piperidine rings is 1. The monoisotopic (exact) mass is 830 g/mol. The third kappa shape index (κ3) is 9.43. The number of hydrogen-bond acceptors (Lipinski definition) is 9. The van der Waals surface area contributed by atoms with Crippen LogP contribution in [0.25, 0.3) is 0 Å². The maximum atomic E-state index is 13.8. The Hall–Kier alpha value is -5.37. The fraction of sp³-hybridized carbons (Fsp3) is 0.442. The molecule has 16 heteroatoms. The molecule has 312 valence electrons. The molecular weight excluding hydrogens is 782 g/mol. The van der Waals surface area contributed by atoms with Gasteiger partial charge in [-0.15, -0.1) is 0 Å². The number of thiocarbonyl (C=S) groups is 1. The highest BCUT2D eigenvalue weighted by atomic mass is 32.1. The molecule has 3 saturated heterocycles. The number of carbonyl (C=O) groups is 4. The number of benzene rings is 3. The number of nitrogens with zero attached hydrogens (tertiary/aromatic N) is 5. The van der Waals surface area contributed by atoms with Gasteiger partial charge in [0.25, 0.3) is 5.91 Å². The number of aryl methyl sites for hydroxylation is 2. The molecule has 1 unspecified atom stereocenters. The van der Waals surface area contributed by atoms with Crippen molar-refractivity contribution in [3.63, 3.8) is 0 Å². The Kier molecular flexibility index (Phi) is 12.8. The number of amides is 4. The molecule has 59 heavy (non-hydrogen) atoms. The molecular formula is C43H49F3N8O4S. The van der Waals surface area contributed by atoms with Crippen molar-refractivity contribution in [2.24, 2.45) is 0 Å². The van der Waals surface area contributed by atoms with Gasteiger partial charge in [-0.1, -0.05) is 19.1 Å². The van der Waals surface area contributed by atoms with Crippen LogP contribution in [-0.2, 0) is 38.2 Å². The summed E-state index contributed by atoms with van der Waals surface area (Å²) < 4.78 is 41.4. The zero-order valence-electron chi connectivity index (χ0n) is 33.8. The van der Waals surface area contributed by atoms with Crippen LogP contribution in [0, 0.1) is 11.3 Å². The van der Waals surface area contributed by atoms with E-state index in [2.05, 4.69) is 46.5 Å². The highest BCUT2D eigenvalue weighted by Gasteiger charge is 2.51. The molecule has 6 rings (SSSR count). The van der Waals surface area contributed by atoms with Crippen LogP contribution in [0.4, 0.5) is 35.9 Å². The van der Waals surface area contributed by atoms with Crippen LogP contribution in [0.2, 0.25) is 0 Å². The van der Waals surface area contributed by atoms with E-state index >= 15 is 0 Å². The van der Waals surface area contributed by atoms with Gasteiger partial charge in [-0.3, -0.25) is 39.2 Å². The molecule has 0 spiro atoms. The predicted octanol–water partition coefficient (Wildman–Crippen LogP) is 6.24. The summed E-state index contributed by atoms with van der Waals surface area (Å²) in [5.74, 6) is -1.25. The van der Waals surface area contributed by atoms with E-state index in [0.717, 1.165) is 67.1 Å². The molecule has 12 nitrogen and oxygen atoms in total. The maximum Gasteiger partial charge on any atom is 0.417 e. The topological polar surface area (TPSA) is 141 Å². The van der Waals surface area contributed by atoms with Crippen molar-refractivity contribution >= 4 is 63.7 Å². The Morgan fingerprint density at radius 3 is 2.36 bits per heavy atom. The van der Waals surface area contributed by atoms with Crippen molar-refractivity contribution in [3.05, 3.63) is 82.9 Å². The zero-order chi connectivity index (χ0) is 42.8. The number of nitrogens with one attached hydrogen (secondary N) is 3. The second-order valence-electron chi connectivity index (χ2n) is 16.0. The van der Waals surface area contributed by atoms with Crippen molar-refractivity contribution in [3.8, 4) is 6.07 Å². The van der Waals surface area contributed by atoms with Gasteiger partial charge in [-0.25, -0.2) is 0 Å². The van der Waals surface area contributed by atoms with E-state index in [1.54, 1.807) is 43.0 Å². The third-order valence-electron chi connectivity index (χ3n) is 11.4. The summed E-state index contributed by atoms with van der Waals surface area (Å²) in [7, 11) is 0. The number of rotatable bonds is 12. The quantitative estimate of drug-likeness (QED) is 0.142. The van der Waals surface area contributed by atoms with Crippen molar-refractivity contribution in [1.82, 2.24) is 15.1 Å². The molecule has 3 fully saturated rings. The fourth-order valence-electron chi connectivity index (χ4n) is 8.16. The van der Waals surface area contributed by atoms with Crippen LogP contribution in [0.15, 0.2) is 60.7 Å². The van der Waals surface area contributed by atoms with Crippen LogP contribution in [-0.4, -0.2) is 88.4 Å². The van der Waals surface area contributed by atoms with Gasteiger partial charge in [0.1, 0.15) is 11.6 Å². The van der Waals surface area contributed by atoms with Gasteiger partial charge in [0, 0.05) is 48.7 Å². The standard InChI is InChI=1S/C43H49F3N8O4S/c1-6-28-19-34(54-41(59)53(40(58)42(54,4)5)33-14-13-30(22-47)35(21-33)43(44,45)46)15-12-29(28)9-8-18-51-23-27(3)52(24-26(51)2)25-38(56)49-32-11-7-10-31(20-32)48-36-16-17-37(55)50-39(36)57/h7,10-15,19-21,26-27,36,48H,6,8-9,16-18,23-25H2,1-5H3,(H,49,56)(H,50,55,57)/t26-,27-,36?/m1/s1. The Morgan fingerprint density at radius 1 is 0.966 bits per heavy atom. The van der Waals surface area contributed by atoms with Crippen molar-refractivity contribution < 1.29 is 32.3 Å². The molecule has 3 aliphatic rings. The normalized spacial score (nSPS) is 21.4. The van der Waals surface area contributed by atoms with Crippen LogP contribution in [0.1, 0.15) is 76.1 Å². The Morgan fingerprint density at radius 2 is 1.66 bits per heavy atom. The van der Waals surface area contributed by atoms with E-state index < -0.39 is 34.8 Å². The summed E-state index contributed by atoms with van der Waals surface area (Å²) >= 11 is 5.75. The molecule has 3 N–H and O–H groups in total. The number of halogens is 3. The first-order valence-electron chi connectivity index (χ1n) is 19.8. The summed E-state index contributed by atoms with van der Waals surface area (Å²) in [6, 6.07) is 17.7. The van der Waals surface area contributed by atoms with Gasteiger partial charge in [0.15, 0.2) is 5.11 Å². The van der Waals surface area contributed by atoms with Gasteiger partial charge in [0.05, 0.1) is 29.4 Å². The maximum absolute atomic E-state index is 13.8. The Bertz CT molecular complexity index is 2190. The van der Waals surface area contributed by atoms with Gasteiger partial charge < -0.3 is 15.5 Å². The number of carbonyl (C=O) groups excluding carboxylic acids is 4. The first kappa shape index (κ1) is 43.2.